The fourth-order valence-electron chi connectivity index (χ4n) is 4.89. The summed E-state index contributed by atoms with van der Waals surface area (Å²) >= 11 is 0. The number of pyridine rings is 1. The van der Waals surface area contributed by atoms with Crippen LogP contribution in [0.1, 0.15) is 29.7 Å². The average molecular weight is 423 g/mol. The predicted molar refractivity (Wildman–Crippen MR) is 102 cm³/mol. The highest BCUT2D eigenvalue weighted by Crippen LogP contribution is 2.46. The number of hydrogen-bond donors (Lipinski definition) is 2. The maximum atomic E-state index is 15.2. The molecule has 10 heteroatoms. The van der Waals surface area contributed by atoms with Gasteiger partial charge in [0.2, 0.25) is 5.43 Å². The van der Waals surface area contributed by atoms with E-state index >= 15 is 4.39 Å². The molecule has 0 aliphatic carbocycles. The summed E-state index contributed by atoms with van der Waals surface area (Å²) in [5.74, 6) is -5.89. The molecule has 2 fully saturated rings. The van der Waals surface area contributed by atoms with E-state index in [4.69, 9.17) is 4.74 Å². The number of nitrogens with zero attached hydrogens (tertiary/aromatic N) is 2. The molecule has 5 rings (SSSR count). The molecule has 2 aromatic rings. The zero-order chi connectivity index (χ0) is 21.4. The highest BCUT2D eigenvalue weighted by atomic mass is 19.3. The fourth-order valence-corrected chi connectivity index (χ4v) is 4.89. The van der Waals surface area contributed by atoms with Gasteiger partial charge in [-0.05, 0) is 13.0 Å². The summed E-state index contributed by atoms with van der Waals surface area (Å²) in [6.45, 7) is 2.26. The zero-order valence-corrected chi connectivity index (χ0v) is 16.1. The number of ether oxygens (including phenoxy) is 1. The quantitative estimate of drug-likeness (QED) is 0.771. The van der Waals surface area contributed by atoms with Crippen LogP contribution in [0.4, 0.5) is 18.9 Å². The van der Waals surface area contributed by atoms with Gasteiger partial charge < -0.3 is 24.6 Å². The molecule has 0 amide bonds. The number of carbonyl (C=O) groups is 1. The van der Waals surface area contributed by atoms with E-state index in [2.05, 4.69) is 5.32 Å². The average Bonchev–Trinajstić information content (AvgIpc) is 3.11. The standard InChI is InChI=1S/C20H20F3N3O4/c1-9-8-30-18-15-10(17(27)11(19(28)29)5-26(9)15)4-13(21)16(18)25-6-12-14(7-25)24-3-2-20(12,22)23/h4-5,9,12,14,24H,2-3,6-8H2,1H3,(H,28,29). The first kappa shape index (κ1) is 19.2. The van der Waals surface area contributed by atoms with Gasteiger partial charge in [0.1, 0.15) is 17.9 Å². The first-order valence-corrected chi connectivity index (χ1v) is 9.82. The van der Waals surface area contributed by atoms with E-state index in [9.17, 15) is 23.5 Å². The smallest absolute Gasteiger partial charge is 0.341 e. The van der Waals surface area contributed by atoms with Gasteiger partial charge in [-0.1, -0.05) is 0 Å². The molecule has 4 heterocycles. The Labute approximate surface area is 169 Å². The van der Waals surface area contributed by atoms with Crippen LogP contribution in [0.25, 0.3) is 10.9 Å². The second-order valence-electron chi connectivity index (χ2n) is 8.26. The maximum absolute atomic E-state index is 15.2. The van der Waals surface area contributed by atoms with E-state index in [1.54, 1.807) is 16.4 Å². The summed E-state index contributed by atoms with van der Waals surface area (Å²) in [5, 5.41) is 12.3. The highest BCUT2D eigenvalue weighted by Gasteiger charge is 2.52. The van der Waals surface area contributed by atoms with Crippen LogP contribution in [0, 0.1) is 11.7 Å². The summed E-state index contributed by atoms with van der Waals surface area (Å²) in [5.41, 5.74) is -0.931. The molecule has 2 saturated heterocycles. The Morgan fingerprint density at radius 1 is 1.37 bits per heavy atom. The third-order valence-corrected chi connectivity index (χ3v) is 6.42. The summed E-state index contributed by atoms with van der Waals surface area (Å²) in [6.07, 6.45) is 0.978. The molecule has 160 valence electrons. The molecule has 0 spiro atoms. The third-order valence-electron chi connectivity index (χ3n) is 6.42. The Balaban J connectivity index is 1.70. The number of carboxylic acid groups (broad SMARTS) is 1. The molecule has 2 N–H and O–H groups in total. The largest absolute Gasteiger partial charge is 0.487 e. The zero-order valence-electron chi connectivity index (χ0n) is 16.1. The van der Waals surface area contributed by atoms with Crippen LogP contribution in [0.15, 0.2) is 17.1 Å². The SMILES string of the molecule is CC1COc2c(N3CC4NCCC(F)(F)C4C3)c(F)cc3c(=O)c(C(=O)O)cn1c23. The van der Waals surface area contributed by atoms with Gasteiger partial charge in [0.05, 0.1) is 22.9 Å². The molecule has 3 aliphatic heterocycles. The van der Waals surface area contributed by atoms with E-state index in [0.29, 0.717) is 0 Å². The summed E-state index contributed by atoms with van der Waals surface area (Å²) in [6, 6.07) is 0.230. The van der Waals surface area contributed by atoms with Gasteiger partial charge >= 0.3 is 5.97 Å². The summed E-state index contributed by atoms with van der Waals surface area (Å²) < 4.78 is 51.4. The van der Waals surface area contributed by atoms with Crippen LogP contribution in [0.2, 0.25) is 0 Å². The normalized spacial score (nSPS) is 27.1. The van der Waals surface area contributed by atoms with Crippen molar-refractivity contribution in [1.82, 2.24) is 9.88 Å². The fraction of sp³-hybridized carbons (Fsp3) is 0.500. The van der Waals surface area contributed by atoms with Gasteiger partial charge in [-0.3, -0.25) is 4.79 Å². The molecule has 1 aromatic carbocycles. The van der Waals surface area contributed by atoms with Crippen LogP contribution in [-0.4, -0.2) is 53.8 Å². The lowest BCUT2D eigenvalue weighted by atomic mass is 9.90. The Hall–Kier alpha value is -2.75. The molecular weight excluding hydrogens is 403 g/mol. The topological polar surface area (TPSA) is 83.8 Å². The Morgan fingerprint density at radius 3 is 2.83 bits per heavy atom. The number of carboxylic acids is 1. The molecule has 0 bridgehead atoms. The van der Waals surface area contributed by atoms with Crippen molar-refractivity contribution < 1.29 is 27.8 Å². The summed E-state index contributed by atoms with van der Waals surface area (Å²) in [4.78, 5) is 25.7. The monoisotopic (exact) mass is 423 g/mol. The molecule has 3 aliphatic rings. The van der Waals surface area contributed by atoms with Gasteiger partial charge in [0.25, 0.3) is 5.92 Å². The molecule has 3 atom stereocenters. The first-order chi connectivity index (χ1) is 14.2. The van der Waals surface area contributed by atoms with Gasteiger partial charge in [0, 0.05) is 38.3 Å². The molecule has 0 radical (unpaired) electrons. The Kier molecular flexibility index (Phi) is 4.08. The number of piperidine rings is 1. The third kappa shape index (κ3) is 2.62. The van der Waals surface area contributed by atoms with E-state index in [0.717, 1.165) is 6.07 Å². The number of hydrogen-bond acceptors (Lipinski definition) is 5. The van der Waals surface area contributed by atoms with Crippen molar-refractivity contribution in [3.63, 3.8) is 0 Å². The lowest BCUT2D eigenvalue weighted by Crippen LogP contribution is -2.51. The van der Waals surface area contributed by atoms with Crippen molar-refractivity contribution >= 4 is 22.6 Å². The lowest BCUT2D eigenvalue weighted by molar-refractivity contribution is -0.0811. The number of nitrogens with one attached hydrogen (secondary N) is 1. The molecule has 30 heavy (non-hydrogen) atoms. The second kappa shape index (κ2) is 6.37. The van der Waals surface area contributed by atoms with E-state index in [1.807, 2.05) is 0 Å². The number of benzene rings is 1. The minimum absolute atomic E-state index is 0.0395. The Bertz CT molecular complexity index is 1130. The van der Waals surface area contributed by atoms with Crippen LogP contribution in [0.5, 0.6) is 5.75 Å². The van der Waals surface area contributed by atoms with E-state index in [1.165, 1.54) is 6.20 Å². The van der Waals surface area contributed by atoms with E-state index in [-0.39, 0.29) is 61.0 Å². The number of rotatable bonds is 2. The molecule has 1 aromatic heterocycles. The minimum atomic E-state index is -2.84. The molecule has 0 saturated carbocycles. The number of alkyl halides is 2. The van der Waals surface area contributed by atoms with Gasteiger partial charge in [-0.15, -0.1) is 0 Å². The van der Waals surface area contributed by atoms with Crippen molar-refractivity contribution in [2.24, 2.45) is 5.92 Å². The van der Waals surface area contributed by atoms with Crippen molar-refractivity contribution in [1.29, 1.82) is 0 Å². The van der Waals surface area contributed by atoms with Crippen molar-refractivity contribution in [3.05, 3.63) is 33.9 Å². The minimum Gasteiger partial charge on any atom is -0.487 e. The maximum Gasteiger partial charge on any atom is 0.341 e. The summed E-state index contributed by atoms with van der Waals surface area (Å²) in [7, 11) is 0. The van der Waals surface area contributed by atoms with Gasteiger partial charge in [0.15, 0.2) is 11.6 Å². The van der Waals surface area contributed by atoms with Crippen LogP contribution < -0.4 is 20.4 Å². The van der Waals surface area contributed by atoms with Crippen LogP contribution in [-0.2, 0) is 0 Å². The Morgan fingerprint density at radius 2 is 2.13 bits per heavy atom. The van der Waals surface area contributed by atoms with Crippen molar-refractivity contribution in [2.75, 3.05) is 31.1 Å². The first-order valence-electron chi connectivity index (χ1n) is 9.82. The number of fused-ring (bicyclic) bond motifs is 1. The number of aromatic nitrogens is 1. The number of halogens is 3. The number of anilines is 1. The van der Waals surface area contributed by atoms with Gasteiger partial charge in [-0.2, -0.15) is 0 Å². The van der Waals surface area contributed by atoms with E-state index < -0.39 is 40.7 Å². The lowest BCUT2D eigenvalue weighted by Gasteiger charge is -2.33. The number of aromatic carboxylic acids is 1. The van der Waals surface area contributed by atoms with Crippen LogP contribution in [0.3, 0.4) is 0 Å². The molecule has 7 nitrogen and oxygen atoms in total. The van der Waals surface area contributed by atoms with Gasteiger partial charge in [-0.25, -0.2) is 18.0 Å². The second-order valence-corrected chi connectivity index (χ2v) is 8.26. The molecular formula is C20H20F3N3O4. The van der Waals surface area contributed by atoms with Crippen molar-refractivity contribution in [2.45, 2.75) is 31.4 Å². The van der Waals surface area contributed by atoms with Crippen molar-refractivity contribution in [3.8, 4) is 5.75 Å². The van der Waals surface area contributed by atoms with Crippen LogP contribution >= 0.6 is 0 Å². The highest BCUT2D eigenvalue weighted by molar-refractivity contribution is 5.97. The molecule has 3 unspecified atom stereocenters. The predicted octanol–water partition coefficient (Wildman–Crippen LogP) is 2.23.